The zero-order valence-electron chi connectivity index (χ0n) is 19.2. The lowest BCUT2D eigenvalue weighted by Gasteiger charge is -2.12. The number of rotatable bonds is 8. The Kier molecular flexibility index (Phi) is 9.52. The molecule has 0 aliphatic carbocycles. The number of hydrogen-bond acceptors (Lipinski definition) is 6. The van der Waals surface area contributed by atoms with Crippen molar-refractivity contribution in [3.05, 3.63) is 92.4 Å². The summed E-state index contributed by atoms with van der Waals surface area (Å²) in [5, 5.41) is 15.2. The molecular weight excluding hydrogens is 541 g/mol. The van der Waals surface area contributed by atoms with E-state index in [9.17, 15) is 19.6 Å². The van der Waals surface area contributed by atoms with Gasteiger partial charge in [0.15, 0.2) is 12.4 Å². The Balaban J connectivity index is 1.68. The van der Waals surface area contributed by atoms with Gasteiger partial charge >= 0.3 is 5.97 Å². The van der Waals surface area contributed by atoms with Crippen molar-refractivity contribution in [2.24, 2.45) is 0 Å². The quantitative estimate of drug-likeness (QED) is 0.199. The van der Waals surface area contributed by atoms with E-state index >= 15 is 0 Å². The van der Waals surface area contributed by atoms with E-state index in [0.717, 1.165) is 0 Å². The van der Waals surface area contributed by atoms with Gasteiger partial charge in [0.25, 0.3) is 11.8 Å². The third-order valence-corrected chi connectivity index (χ3v) is 5.65. The van der Waals surface area contributed by atoms with E-state index in [1.54, 1.807) is 24.3 Å². The predicted molar refractivity (Wildman–Crippen MR) is 142 cm³/mol. The van der Waals surface area contributed by atoms with Crippen LogP contribution >= 0.6 is 34.8 Å². The first kappa shape index (κ1) is 27.6. The summed E-state index contributed by atoms with van der Waals surface area (Å²) in [5.41, 5.74) is 1.24. The molecular formula is C26H18Cl3N3O5. The molecule has 2 N–H and O–H groups in total. The summed E-state index contributed by atoms with van der Waals surface area (Å²) in [6.07, 6.45) is 1.30. The number of hydrogen-bond donors (Lipinski definition) is 2. The monoisotopic (exact) mass is 557 g/mol. The third kappa shape index (κ3) is 7.48. The van der Waals surface area contributed by atoms with Crippen molar-refractivity contribution in [2.45, 2.75) is 0 Å². The molecule has 3 aromatic carbocycles. The fourth-order valence-electron chi connectivity index (χ4n) is 3.01. The fourth-order valence-corrected chi connectivity index (χ4v) is 3.80. The molecule has 8 nitrogen and oxygen atoms in total. The van der Waals surface area contributed by atoms with Gasteiger partial charge in [0, 0.05) is 5.69 Å². The maximum Gasteiger partial charge on any atom is 0.337 e. The van der Waals surface area contributed by atoms with E-state index in [1.807, 2.05) is 6.07 Å². The summed E-state index contributed by atoms with van der Waals surface area (Å²) in [5.74, 6) is -1.62. The Bertz CT molecular complexity index is 1390. The highest BCUT2D eigenvalue weighted by Crippen LogP contribution is 2.35. The van der Waals surface area contributed by atoms with Gasteiger partial charge in [-0.2, -0.15) is 5.26 Å². The van der Waals surface area contributed by atoms with Gasteiger partial charge in [-0.25, -0.2) is 4.79 Å². The molecule has 3 rings (SSSR count). The van der Waals surface area contributed by atoms with E-state index in [-0.39, 0.29) is 28.0 Å². The summed E-state index contributed by atoms with van der Waals surface area (Å²) < 4.78 is 10.1. The topological polar surface area (TPSA) is 118 Å². The summed E-state index contributed by atoms with van der Waals surface area (Å²) in [6, 6.07) is 17.4. The van der Waals surface area contributed by atoms with Crippen LogP contribution in [-0.2, 0) is 14.3 Å². The highest BCUT2D eigenvalue weighted by atomic mass is 35.5. The number of amides is 2. The highest BCUT2D eigenvalue weighted by Gasteiger charge is 2.15. The second-order valence-corrected chi connectivity index (χ2v) is 8.54. The molecule has 188 valence electrons. The zero-order valence-corrected chi connectivity index (χ0v) is 21.4. The van der Waals surface area contributed by atoms with Gasteiger partial charge < -0.3 is 20.1 Å². The zero-order chi connectivity index (χ0) is 26.9. The van der Waals surface area contributed by atoms with Crippen LogP contribution in [0, 0.1) is 11.3 Å². The van der Waals surface area contributed by atoms with Gasteiger partial charge in [-0.3, -0.25) is 9.59 Å². The molecule has 0 fully saturated rings. The lowest BCUT2D eigenvalue weighted by molar-refractivity contribution is -0.118. The molecule has 0 bridgehead atoms. The van der Waals surface area contributed by atoms with Crippen LogP contribution in [0.25, 0.3) is 6.08 Å². The van der Waals surface area contributed by atoms with Crippen molar-refractivity contribution < 1.29 is 23.9 Å². The predicted octanol–water partition coefficient (Wildman–Crippen LogP) is 6.00. The second-order valence-electron chi connectivity index (χ2n) is 7.32. The normalized spacial score (nSPS) is 10.7. The molecule has 2 amide bonds. The summed E-state index contributed by atoms with van der Waals surface area (Å²) in [7, 11) is 1.26. The number of anilines is 2. The number of esters is 1. The van der Waals surface area contributed by atoms with Crippen LogP contribution in [0.1, 0.15) is 15.9 Å². The summed E-state index contributed by atoms with van der Waals surface area (Å²) >= 11 is 18.6. The minimum atomic E-state index is -0.683. The number of halogens is 3. The van der Waals surface area contributed by atoms with Gasteiger partial charge in [-0.1, -0.05) is 46.9 Å². The number of benzene rings is 3. The molecule has 0 saturated carbocycles. The Hall–Kier alpha value is -4.03. The number of nitrogens with zero attached hydrogens (tertiary/aromatic N) is 1. The molecule has 0 unspecified atom stereocenters. The van der Waals surface area contributed by atoms with Gasteiger partial charge in [-0.05, 0) is 60.2 Å². The van der Waals surface area contributed by atoms with E-state index in [0.29, 0.717) is 27.5 Å². The molecule has 0 saturated heterocycles. The number of nitriles is 1. The van der Waals surface area contributed by atoms with Gasteiger partial charge in [0.05, 0.1) is 33.4 Å². The average Bonchev–Trinajstić information content (AvgIpc) is 2.88. The molecule has 0 aromatic heterocycles. The molecule has 11 heteroatoms. The van der Waals surface area contributed by atoms with E-state index in [2.05, 4.69) is 15.4 Å². The Morgan fingerprint density at radius 1 is 0.946 bits per heavy atom. The number of carbonyl (C=O) groups excluding carboxylic acids is 3. The van der Waals surface area contributed by atoms with E-state index in [4.69, 9.17) is 39.5 Å². The van der Waals surface area contributed by atoms with Crippen molar-refractivity contribution in [3.63, 3.8) is 0 Å². The first-order valence-electron chi connectivity index (χ1n) is 10.5. The van der Waals surface area contributed by atoms with Crippen LogP contribution in [0.15, 0.2) is 66.2 Å². The summed E-state index contributed by atoms with van der Waals surface area (Å²) in [4.78, 5) is 36.3. The Morgan fingerprint density at radius 2 is 1.59 bits per heavy atom. The lowest BCUT2D eigenvalue weighted by atomic mass is 10.1. The number of ether oxygens (including phenoxy) is 2. The fraction of sp³-hybridized carbons (Fsp3) is 0.0769. The highest BCUT2D eigenvalue weighted by molar-refractivity contribution is 6.37. The summed E-state index contributed by atoms with van der Waals surface area (Å²) in [6.45, 7) is -0.388. The second kappa shape index (κ2) is 12.8. The minimum Gasteiger partial charge on any atom is -0.481 e. The van der Waals surface area contributed by atoms with E-state index < -0.39 is 17.8 Å². The smallest absolute Gasteiger partial charge is 0.337 e. The van der Waals surface area contributed by atoms with Crippen molar-refractivity contribution in [2.75, 3.05) is 24.4 Å². The molecule has 0 aliphatic heterocycles. The van der Waals surface area contributed by atoms with Crippen molar-refractivity contribution in [1.29, 1.82) is 5.26 Å². The number of carbonyl (C=O) groups is 3. The molecule has 0 heterocycles. The Morgan fingerprint density at radius 3 is 2.19 bits per heavy atom. The molecule has 3 aromatic rings. The van der Waals surface area contributed by atoms with Crippen LogP contribution in [0.3, 0.4) is 0 Å². The molecule has 0 spiro atoms. The number of nitrogens with one attached hydrogen (secondary N) is 2. The minimum absolute atomic E-state index is 0.0587. The van der Waals surface area contributed by atoms with Crippen molar-refractivity contribution in [1.82, 2.24) is 0 Å². The molecule has 0 radical (unpaired) electrons. The molecule has 37 heavy (non-hydrogen) atoms. The van der Waals surface area contributed by atoms with Crippen LogP contribution < -0.4 is 15.4 Å². The number of para-hydroxylation sites is 1. The Labute approximate surface area is 227 Å². The van der Waals surface area contributed by atoms with Crippen LogP contribution in [-0.4, -0.2) is 31.5 Å². The standard InChI is InChI=1S/C26H18Cl3N3O5/c1-36-26(35)16-6-8-18(9-7-16)31-25(34)17(13-30)10-15-11-20(28)24(21(29)12-15)37-14-23(33)32-22-5-3-2-4-19(22)27/h2-12H,14H2,1H3,(H,31,34)(H,32,33)/b17-10-. The maximum atomic E-state index is 12.6. The van der Waals surface area contributed by atoms with Gasteiger partial charge in [0.2, 0.25) is 0 Å². The first-order chi connectivity index (χ1) is 17.7. The van der Waals surface area contributed by atoms with Crippen molar-refractivity contribution >= 4 is 70.0 Å². The van der Waals surface area contributed by atoms with Crippen LogP contribution in [0.2, 0.25) is 15.1 Å². The van der Waals surface area contributed by atoms with Crippen molar-refractivity contribution in [3.8, 4) is 11.8 Å². The maximum absolute atomic E-state index is 12.6. The third-order valence-electron chi connectivity index (χ3n) is 4.76. The SMILES string of the molecule is COC(=O)c1ccc(NC(=O)/C(C#N)=C\c2cc(Cl)c(OCC(=O)Nc3ccccc3Cl)c(Cl)c2)cc1. The van der Waals surface area contributed by atoms with E-state index in [1.165, 1.54) is 49.6 Å². The van der Waals surface area contributed by atoms with Gasteiger partial charge in [0.1, 0.15) is 11.6 Å². The van der Waals surface area contributed by atoms with Gasteiger partial charge in [-0.15, -0.1) is 0 Å². The van der Waals surface area contributed by atoms with Crippen LogP contribution in [0.5, 0.6) is 5.75 Å². The average molecular weight is 559 g/mol. The molecule has 0 aliphatic rings. The number of methoxy groups -OCH3 is 1. The van der Waals surface area contributed by atoms with Crippen LogP contribution in [0.4, 0.5) is 11.4 Å². The largest absolute Gasteiger partial charge is 0.481 e. The lowest BCUT2D eigenvalue weighted by Crippen LogP contribution is -2.20. The molecule has 0 atom stereocenters. The first-order valence-corrected chi connectivity index (χ1v) is 11.6.